The van der Waals surface area contributed by atoms with E-state index in [1.54, 1.807) is 51.6 Å². The first-order valence-corrected chi connectivity index (χ1v) is 9.44. The van der Waals surface area contributed by atoms with E-state index in [0.29, 0.717) is 22.3 Å². The molecule has 1 N–H and O–H groups in total. The first-order chi connectivity index (χ1) is 11.7. The molecule has 0 aliphatic carbocycles. The molecular formula is C17H18N4O3S. The second-order valence-electron chi connectivity index (χ2n) is 6.13. The van der Waals surface area contributed by atoms with Crippen molar-refractivity contribution >= 4 is 26.6 Å². The number of carbonyl (C=O) groups is 1. The fraction of sp³-hybridized carbons (Fsp3) is 0.235. The quantitative estimate of drug-likeness (QED) is 0.773. The van der Waals surface area contributed by atoms with E-state index in [1.165, 1.54) is 11.2 Å². The summed E-state index contributed by atoms with van der Waals surface area (Å²) in [5.41, 5.74) is 2.96. The van der Waals surface area contributed by atoms with Crippen molar-refractivity contribution in [2.45, 2.75) is 11.8 Å². The number of hydrogen-bond donors (Lipinski definition) is 1. The van der Waals surface area contributed by atoms with Crippen LogP contribution in [-0.4, -0.2) is 54.8 Å². The minimum absolute atomic E-state index is 0.233. The van der Waals surface area contributed by atoms with Crippen LogP contribution in [0.2, 0.25) is 0 Å². The van der Waals surface area contributed by atoms with Gasteiger partial charge < -0.3 is 4.90 Å². The second kappa shape index (κ2) is 5.96. The van der Waals surface area contributed by atoms with Crippen LogP contribution in [0.5, 0.6) is 0 Å². The van der Waals surface area contributed by atoms with Gasteiger partial charge in [-0.2, -0.15) is 5.10 Å². The Bertz CT molecular complexity index is 1080. The van der Waals surface area contributed by atoms with Crippen LogP contribution in [0.25, 0.3) is 22.0 Å². The van der Waals surface area contributed by atoms with Crippen molar-refractivity contribution in [2.75, 3.05) is 20.4 Å². The summed E-state index contributed by atoms with van der Waals surface area (Å²) in [7, 11) is 0.00289. The molecule has 130 valence electrons. The smallest absolute Gasteiger partial charge is 0.272 e. The van der Waals surface area contributed by atoms with Gasteiger partial charge in [-0.25, -0.2) is 13.4 Å². The van der Waals surface area contributed by atoms with Crippen molar-refractivity contribution in [3.8, 4) is 11.1 Å². The number of fused-ring (bicyclic) bond motifs is 1. The molecule has 0 spiro atoms. The molecule has 0 fully saturated rings. The van der Waals surface area contributed by atoms with Gasteiger partial charge >= 0.3 is 0 Å². The predicted molar refractivity (Wildman–Crippen MR) is 95.2 cm³/mol. The van der Waals surface area contributed by atoms with Crippen LogP contribution in [0.4, 0.5) is 0 Å². The lowest BCUT2D eigenvalue weighted by atomic mass is 9.98. The summed E-state index contributed by atoms with van der Waals surface area (Å²) in [6, 6.07) is 5.01. The minimum Gasteiger partial charge on any atom is -0.343 e. The number of hydrogen-bond acceptors (Lipinski definition) is 5. The molecule has 0 bridgehead atoms. The zero-order valence-corrected chi connectivity index (χ0v) is 15.2. The number of nitrogens with zero attached hydrogens (tertiary/aromatic N) is 3. The zero-order chi connectivity index (χ0) is 18.4. The number of carbonyl (C=O) groups excluding carboxylic acids is 1. The van der Waals surface area contributed by atoms with Gasteiger partial charge in [0.05, 0.1) is 22.8 Å². The standard InChI is InChI=1S/C17H18N4O3S/c1-10-7-11(5-6-14(10)25(4,23)24)15-12-8-19-20-13(12)9-18-16(15)17(22)21(2)3/h5-9H,1-4H3,(H,19,20). The second-order valence-corrected chi connectivity index (χ2v) is 8.12. The number of aromatic nitrogens is 3. The highest BCUT2D eigenvalue weighted by Gasteiger charge is 2.21. The first-order valence-electron chi connectivity index (χ1n) is 7.55. The Kier molecular flexibility index (Phi) is 4.08. The van der Waals surface area contributed by atoms with Gasteiger partial charge in [-0.05, 0) is 24.1 Å². The number of benzene rings is 1. The van der Waals surface area contributed by atoms with E-state index in [4.69, 9.17) is 0 Å². The van der Waals surface area contributed by atoms with E-state index in [1.807, 2.05) is 0 Å². The SMILES string of the molecule is Cc1cc(-c2c(C(=O)N(C)C)ncc3[nH]ncc23)ccc1S(C)(=O)=O. The minimum atomic E-state index is -3.31. The summed E-state index contributed by atoms with van der Waals surface area (Å²) >= 11 is 0. The molecule has 0 saturated carbocycles. The molecule has 0 aliphatic rings. The number of H-pyrrole nitrogens is 1. The van der Waals surface area contributed by atoms with Gasteiger partial charge in [0, 0.05) is 31.3 Å². The molecule has 0 aliphatic heterocycles. The summed E-state index contributed by atoms with van der Waals surface area (Å²) in [5.74, 6) is -0.233. The highest BCUT2D eigenvalue weighted by Crippen LogP contribution is 2.32. The fourth-order valence-corrected chi connectivity index (χ4v) is 3.76. The Hall–Kier alpha value is -2.74. The average Bonchev–Trinajstić information content (AvgIpc) is 3.00. The van der Waals surface area contributed by atoms with Gasteiger partial charge in [0.2, 0.25) is 0 Å². The lowest BCUT2D eigenvalue weighted by Crippen LogP contribution is -2.23. The van der Waals surface area contributed by atoms with Crippen molar-refractivity contribution in [3.63, 3.8) is 0 Å². The Morgan fingerprint density at radius 3 is 2.52 bits per heavy atom. The molecule has 0 unspecified atom stereocenters. The number of pyridine rings is 1. The van der Waals surface area contributed by atoms with Crippen LogP contribution in [-0.2, 0) is 9.84 Å². The lowest BCUT2D eigenvalue weighted by Gasteiger charge is -2.15. The molecule has 0 saturated heterocycles. The number of rotatable bonds is 3. The zero-order valence-electron chi connectivity index (χ0n) is 14.4. The molecule has 8 heteroatoms. The monoisotopic (exact) mass is 358 g/mol. The third kappa shape index (κ3) is 3.00. The van der Waals surface area contributed by atoms with Crippen LogP contribution < -0.4 is 0 Å². The largest absolute Gasteiger partial charge is 0.343 e. The summed E-state index contributed by atoms with van der Waals surface area (Å²) in [6.07, 6.45) is 4.38. The maximum Gasteiger partial charge on any atom is 0.272 e. The predicted octanol–water partition coefficient (Wildman–Crippen LogP) is 2.04. The van der Waals surface area contributed by atoms with Gasteiger partial charge in [0.15, 0.2) is 9.84 Å². The number of aryl methyl sites for hydroxylation is 1. The van der Waals surface area contributed by atoms with Crippen LogP contribution in [0, 0.1) is 6.92 Å². The number of aromatic amines is 1. The highest BCUT2D eigenvalue weighted by atomic mass is 32.2. The van der Waals surface area contributed by atoms with Crippen LogP contribution in [0.3, 0.4) is 0 Å². The topological polar surface area (TPSA) is 96.0 Å². The molecule has 7 nitrogen and oxygen atoms in total. The molecule has 2 aromatic heterocycles. The van der Waals surface area contributed by atoms with Crippen molar-refractivity contribution in [2.24, 2.45) is 0 Å². The average molecular weight is 358 g/mol. The number of sulfone groups is 1. The molecule has 25 heavy (non-hydrogen) atoms. The maximum atomic E-state index is 12.6. The summed E-state index contributed by atoms with van der Waals surface area (Å²) in [5, 5.41) is 7.62. The molecule has 0 radical (unpaired) electrons. The van der Waals surface area contributed by atoms with Crippen molar-refractivity contribution in [3.05, 3.63) is 41.9 Å². The Balaban J connectivity index is 2.31. The van der Waals surface area contributed by atoms with Gasteiger partial charge in [-0.15, -0.1) is 0 Å². The van der Waals surface area contributed by atoms with Gasteiger partial charge in [0.1, 0.15) is 5.69 Å². The Morgan fingerprint density at radius 2 is 1.92 bits per heavy atom. The highest BCUT2D eigenvalue weighted by molar-refractivity contribution is 7.90. The molecule has 3 rings (SSSR count). The third-order valence-corrected chi connectivity index (χ3v) is 5.23. The van der Waals surface area contributed by atoms with Crippen LogP contribution >= 0.6 is 0 Å². The molecule has 1 amide bonds. The number of amides is 1. The first kappa shape index (κ1) is 17.1. The maximum absolute atomic E-state index is 12.6. The van der Waals surface area contributed by atoms with E-state index >= 15 is 0 Å². The van der Waals surface area contributed by atoms with Crippen molar-refractivity contribution in [1.29, 1.82) is 0 Å². The Morgan fingerprint density at radius 1 is 1.20 bits per heavy atom. The van der Waals surface area contributed by atoms with Crippen LogP contribution in [0.15, 0.2) is 35.5 Å². The molecule has 3 aromatic rings. The van der Waals surface area contributed by atoms with E-state index in [9.17, 15) is 13.2 Å². The van der Waals surface area contributed by atoms with Crippen LogP contribution in [0.1, 0.15) is 16.1 Å². The Labute approximate surface area is 145 Å². The van der Waals surface area contributed by atoms with E-state index in [0.717, 1.165) is 10.9 Å². The molecule has 1 aromatic carbocycles. The third-order valence-electron chi connectivity index (χ3n) is 3.97. The molecular weight excluding hydrogens is 340 g/mol. The van der Waals surface area contributed by atoms with E-state index < -0.39 is 9.84 Å². The van der Waals surface area contributed by atoms with Gasteiger partial charge in [-0.1, -0.05) is 12.1 Å². The van der Waals surface area contributed by atoms with E-state index in [2.05, 4.69) is 15.2 Å². The summed E-state index contributed by atoms with van der Waals surface area (Å²) < 4.78 is 23.7. The lowest BCUT2D eigenvalue weighted by molar-refractivity contribution is 0.0823. The van der Waals surface area contributed by atoms with E-state index in [-0.39, 0.29) is 10.8 Å². The van der Waals surface area contributed by atoms with Crippen molar-refractivity contribution in [1.82, 2.24) is 20.1 Å². The van der Waals surface area contributed by atoms with Gasteiger partial charge in [-0.3, -0.25) is 9.89 Å². The van der Waals surface area contributed by atoms with Crippen molar-refractivity contribution < 1.29 is 13.2 Å². The molecule has 0 atom stereocenters. The summed E-state index contributed by atoms with van der Waals surface area (Å²) in [4.78, 5) is 18.6. The fourth-order valence-electron chi connectivity index (χ4n) is 2.80. The summed E-state index contributed by atoms with van der Waals surface area (Å²) in [6.45, 7) is 1.73. The number of nitrogens with one attached hydrogen (secondary N) is 1. The molecule has 2 heterocycles. The van der Waals surface area contributed by atoms with Gasteiger partial charge in [0.25, 0.3) is 5.91 Å². The normalized spacial score (nSPS) is 11.7.